The molecule has 2 aromatic heterocycles. The number of H-pyrrole nitrogens is 1. The second-order valence-electron chi connectivity index (χ2n) is 5.59. The standard InChI is InChI=1S/C18H9F3N4S/c19-18(20,21)13-6-11(16-8-10-3-1-2-4-15(10)26-16)5-12(7-13)17-14(9-22)23-25-24-17/h1-8H,(H,23,24,25). The number of rotatable bonds is 2. The van der Waals surface area contributed by atoms with Gasteiger partial charge >= 0.3 is 6.18 Å². The van der Waals surface area contributed by atoms with E-state index in [0.29, 0.717) is 10.4 Å². The first-order chi connectivity index (χ1) is 12.5. The van der Waals surface area contributed by atoms with Crippen molar-refractivity contribution in [3.63, 3.8) is 0 Å². The second kappa shape index (κ2) is 5.97. The first-order valence-corrected chi connectivity index (χ1v) is 8.30. The Balaban J connectivity index is 1.94. The van der Waals surface area contributed by atoms with Crippen molar-refractivity contribution in [1.82, 2.24) is 15.4 Å². The van der Waals surface area contributed by atoms with E-state index in [9.17, 15) is 13.2 Å². The monoisotopic (exact) mass is 370 g/mol. The first-order valence-electron chi connectivity index (χ1n) is 7.48. The molecule has 26 heavy (non-hydrogen) atoms. The molecule has 4 nitrogen and oxygen atoms in total. The SMILES string of the molecule is N#Cc1[nH]nnc1-c1cc(-c2cc3ccccc3s2)cc(C(F)(F)F)c1. The normalized spacial score (nSPS) is 11.6. The summed E-state index contributed by atoms with van der Waals surface area (Å²) in [7, 11) is 0. The third-order valence-electron chi connectivity index (χ3n) is 3.90. The molecule has 0 aliphatic rings. The lowest BCUT2D eigenvalue weighted by Gasteiger charge is -2.10. The molecule has 0 spiro atoms. The number of nitriles is 1. The summed E-state index contributed by atoms with van der Waals surface area (Å²) in [6, 6.07) is 15.0. The zero-order chi connectivity index (χ0) is 18.3. The highest BCUT2D eigenvalue weighted by Gasteiger charge is 2.32. The number of nitrogens with one attached hydrogen (secondary N) is 1. The summed E-state index contributed by atoms with van der Waals surface area (Å²) in [5.41, 5.74) is -0.0672. The topological polar surface area (TPSA) is 65.4 Å². The van der Waals surface area contributed by atoms with Crippen LogP contribution in [0.4, 0.5) is 13.2 Å². The van der Waals surface area contributed by atoms with E-state index in [1.54, 1.807) is 6.07 Å². The van der Waals surface area contributed by atoms with E-state index in [2.05, 4.69) is 15.4 Å². The maximum Gasteiger partial charge on any atom is 0.416 e. The van der Waals surface area contributed by atoms with E-state index in [0.717, 1.165) is 22.2 Å². The van der Waals surface area contributed by atoms with Gasteiger partial charge < -0.3 is 0 Å². The van der Waals surface area contributed by atoms with Crippen LogP contribution in [0.1, 0.15) is 11.3 Å². The van der Waals surface area contributed by atoms with Gasteiger partial charge in [0, 0.05) is 15.1 Å². The number of aromatic amines is 1. The van der Waals surface area contributed by atoms with Crippen molar-refractivity contribution in [2.75, 3.05) is 0 Å². The Morgan fingerprint density at radius 2 is 1.81 bits per heavy atom. The lowest BCUT2D eigenvalue weighted by Crippen LogP contribution is -2.05. The summed E-state index contributed by atoms with van der Waals surface area (Å²) in [6.45, 7) is 0. The van der Waals surface area contributed by atoms with Crippen LogP contribution in [-0.4, -0.2) is 15.4 Å². The minimum Gasteiger partial charge on any atom is -0.247 e. The molecule has 0 aliphatic carbocycles. The number of fused-ring (bicyclic) bond motifs is 1. The van der Waals surface area contributed by atoms with E-state index < -0.39 is 11.7 Å². The molecule has 1 N–H and O–H groups in total. The molecular formula is C18H9F3N4S. The molecule has 0 unspecified atom stereocenters. The molecule has 128 valence electrons. The van der Waals surface area contributed by atoms with Crippen molar-refractivity contribution < 1.29 is 13.2 Å². The Bertz CT molecular complexity index is 1120. The molecule has 0 saturated heterocycles. The molecule has 0 amide bonds. The van der Waals surface area contributed by atoms with Crippen molar-refractivity contribution in [3.05, 3.63) is 59.8 Å². The Morgan fingerprint density at radius 1 is 1.04 bits per heavy atom. The summed E-state index contributed by atoms with van der Waals surface area (Å²) in [6.07, 6.45) is -4.52. The molecule has 0 radical (unpaired) electrons. The average molecular weight is 370 g/mol. The van der Waals surface area contributed by atoms with Crippen LogP contribution in [0, 0.1) is 11.3 Å². The van der Waals surface area contributed by atoms with Crippen molar-refractivity contribution in [1.29, 1.82) is 5.26 Å². The number of thiophene rings is 1. The predicted octanol–water partition coefficient (Wildman–Crippen LogP) is 5.24. The third kappa shape index (κ3) is 2.82. The maximum absolute atomic E-state index is 13.4. The van der Waals surface area contributed by atoms with Gasteiger partial charge in [0.05, 0.1) is 5.56 Å². The summed E-state index contributed by atoms with van der Waals surface area (Å²) in [5.74, 6) is 0. The maximum atomic E-state index is 13.4. The molecule has 8 heteroatoms. The highest BCUT2D eigenvalue weighted by molar-refractivity contribution is 7.22. The van der Waals surface area contributed by atoms with Crippen LogP contribution in [0.15, 0.2) is 48.5 Å². The molecule has 0 saturated carbocycles. The minimum atomic E-state index is -4.52. The summed E-state index contributed by atoms with van der Waals surface area (Å²) in [5, 5.41) is 19.7. The van der Waals surface area contributed by atoms with Gasteiger partial charge in [0.1, 0.15) is 11.8 Å². The van der Waals surface area contributed by atoms with Crippen LogP contribution in [0.3, 0.4) is 0 Å². The van der Waals surface area contributed by atoms with Crippen LogP contribution in [0.2, 0.25) is 0 Å². The molecular weight excluding hydrogens is 361 g/mol. The number of nitrogens with zero attached hydrogens (tertiary/aromatic N) is 3. The summed E-state index contributed by atoms with van der Waals surface area (Å²) < 4.78 is 41.1. The van der Waals surface area contributed by atoms with E-state index in [1.165, 1.54) is 11.3 Å². The molecule has 0 fully saturated rings. The molecule has 0 bridgehead atoms. The number of halogens is 3. The van der Waals surface area contributed by atoms with E-state index in [4.69, 9.17) is 5.26 Å². The van der Waals surface area contributed by atoms with Gasteiger partial charge in [0.2, 0.25) is 0 Å². The lowest BCUT2D eigenvalue weighted by atomic mass is 10.0. The Labute approximate surface area is 149 Å². The van der Waals surface area contributed by atoms with Gasteiger partial charge in [-0.1, -0.05) is 23.4 Å². The number of aromatic nitrogens is 3. The van der Waals surface area contributed by atoms with E-state index in [1.807, 2.05) is 36.4 Å². The van der Waals surface area contributed by atoms with Crippen LogP contribution in [-0.2, 0) is 6.18 Å². The fourth-order valence-corrected chi connectivity index (χ4v) is 3.75. The largest absolute Gasteiger partial charge is 0.416 e. The molecule has 2 aromatic carbocycles. The summed E-state index contributed by atoms with van der Waals surface area (Å²) in [4.78, 5) is 0.709. The van der Waals surface area contributed by atoms with Gasteiger partial charge in [-0.3, -0.25) is 0 Å². The zero-order valence-corrected chi connectivity index (χ0v) is 13.8. The average Bonchev–Trinajstić information content (AvgIpc) is 3.27. The Kier molecular flexibility index (Phi) is 3.74. The fraction of sp³-hybridized carbons (Fsp3) is 0.0556. The smallest absolute Gasteiger partial charge is 0.247 e. The molecule has 4 aromatic rings. The lowest BCUT2D eigenvalue weighted by molar-refractivity contribution is -0.137. The predicted molar refractivity (Wildman–Crippen MR) is 92.4 cm³/mol. The molecule has 4 rings (SSSR count). The van der Waals surface area contributed by atoms with Crippen LogP contribution in [0.5, 0.6) is 0 Å². The molecule has 0 aliphatic heterocycles. The molecule has 0 atom stereocenters. The molecule has 2 heterocycles. The van der Waals surface area contributed by atoms with Gasteiger partial charge in [0.15, 0.2) is 5.69 Å². The Hall–Kier alpha value is -3.18. The quantitative estimate of drug-likeness (QED) is 0.524. The first kappa shape index (κ1) is 16.3. The van der Waals surface area contributed by atoms with Crippen molar-refractivity contribution in [2.45, 2.75) is 6.18 Å². The van der Waals surface area contributed by atoms with Gasteiger partial charge in [-0.2, -0.15) is 18.4 Å². The van der Waals surface area contributed by atoms with Crippen LogP contribution in [0.25, 0.3) is 31.8 Å². The Morgan fingerprint density at radius 3 is 2.54 bits per heavy atom. The zero-order valence-electron chi connectivity index (χ0n) is 13.0. The number of benzene rings is 2. The third-order valence-corrected chi connectivity index (χ3v) is 5.07. The van der Waals surface area contributed by atoms with Crippen molar-refractivity contribution >= 4 is 21.4 Å². The van der Waals surface area contributed by atoms with Crippen LogP contribution < -0.4 is 0 Å². The fourth-order valence-electron chi connectivity index (χ4n) is 2.70. The minimum absolute atomic E-state index is 0.0200. The highest BCUT2D eigenvalue weighted by atomic mass is 32.1. The van der Waals surface area contributed by atoms with Crippen molar-refractivity contribution in [2.24, 2.45) is 0 Å². The number of alkyl halides is 3. The summed E-state index contributed by atoms with van der Waals surface area (Å²) >= 11 is 1.41. The van der Waals surface area contributed by atoms with E-state index >= 15 is 0 Å². The highest BCUT2D eigenvalue weighted by Crippen LogP contribution is 2.39. The number of hydrogen-bond acceptors (Lipinski definition) is 4. The van der Waals surface area contributed by atoms with Gasteiger partial charge in [-0.05, 0) is 41.3 Å². The van der Waals surface area contributed by atoms with Gasteiger partial charge in [-0.25, -0.2) is 5.10 Å². The van der Waals surface area contributed by atoms with Crippen LogP contribution >= 0.6 is 11.3 Å². The number of hydrogen-bond donors (Lipinski definition) is 1. The van der Waals surface area contributed by atoms with Gasteiger partial charge in [-0.15, -0.1) is 16.4 Å². The van der Waals surface area contributed by atoms with Crippen molar-refractivity contribution in [3.8, 4) is 27.8 Å². The van der Waals surface area contributed by atoms with E-state index in [-0.39, 0.29) is 17.0 Å². The second-order valence-corrected chi connectivity index (χ2v) is 6.68. The van der Waals surface area contributed by atoms with Gasteiger partial charge in [0.25, 0.3) is 0 Å².